The van der Waals surface area contributed by atoms with Gasteiger partial charge in [0.1, 0.15) is 6.54 Å². The van der Waals surface area contributed by atoms with Gasteiger partial charge in [0.2, 0.25) is 5.91 Å². The summed E-state index contributed by atoms with van der Waals surface area (Å²) in [4.78, 5) is 18.1. The van der Waals surface area contributed by atoms with Crippen LogP contribution in [0.1, 0.15) is 6.92 Å². The van der Waals surface area contributed by atoms with Gasteiger partial charge in [-0.3, -0.25) is 4.79 Å². The molecule has 0 bridgehead atoms. The number of carbonyl (C=O) groups excluding carboxylic acids is 1. The van der Waals surface area contributed by atoms with Crippen molar-refractivity contribution in [3.05, 3.63) is 23.8 Å². The van der Waals surface area contributed by atoms with Crippen molar-refractivity contribution < 1.29 is 26.7 Å². The summed E-state index contributed by atoms with van der Waals surface area (Å²) in [6.45, 7) is -0.0297. The summed E-state index contributed by atoms with van der Waals surface area (Å²) < 4.78 is 62.1. The molecule has 0 aliphatic rings. The number of hydrogen-bond donors (Lipinski definition) is 2. The Morgan fingerprint density at radius 1 is 1.36 bits per heavy atom. The fourth-order valence-electron chi connectivity index (χ4n) is 1.59. The second-order valence-corrected chi connectivity index (χ2v) is 5.75. The number of alkyl halides is 3. The number of rotatable bonds is 4. The first-order chi connectivity index (χ1) is 10.2. The summed E-state index contributed by atoms with van der Waals surface area (Å²) in [5.41, 5.74) is 0.383. The summed E-state index contributed by atoms with van der Waals surface area (Å²) in [6, 6.07) is 1.80. The number of nitrogens with one attached hydrogen (secondary N) is 2. The second kappa shape index (κ2) is 6.11. The lowest BCUT2D eigenvalue weighted by molar-refractivity contribution is -0.137. The highest BCUT2D eigenvalue weighted by molar-refractivity contribution is 8.00. The maximum atomic E-state index is 13.1. The molecule has 22 heavy (non-hydrogen) atoms. The van der Waals surface area contributed by atoms with E-state index in [4.69, 9.17) is 0 Å². The van der Waals surface area contributed by atoms with Crippen LogP contribution in [0.25, 0.3) is 11.0 Å². The molecule has 1 aromatic carbocycles. The normalized spacial score (nSPS) is 13.4. The standard InChI is InChI=1S/C12H10F5N3OS/c1-5(10(21)18-4-12(15,16)17)22-11-19-8-2-6(13)7(14)3-9(8)20-11/h2-3,5H,4H2,1H3,(H,18,21)(H,19,20). The third-order valence-electron chi connectivity index (χ3n) is 2.62. The molecule has 2 aromatic rings. The smallest absolute Gasteiger partial charge is 0.346 e. The predicted molar refractivity (Wildman–Crippen MR) is 70.4 cm³/mol. The maximum Gasteiger partial charge on any atom is 0.405 e. The summed E-state index contributed by atoms with van der Waals surface area (Å²) in [7, 11) is 0. The maximum absolute atomic E-state index is 13.1. The van der Waals surface area contributed by atoms with Crippen molar-refractivity contribution in [1.82, 2.24) is 15.3 Å². The fraction of sp³-hybridized carbons (Fsp3) is 0.333. The molecular formula is C12H10F5N3OS. The zero-order chi connectivity index (χ0) is 16.5. The quantitative estimate of drug-likeness (QED) is 0.665. The Morgan fingerprint density at radius 3 is 2.64 bits per heavy atom. The molecule has 0 saturated heterocycles. The molecule has 0 saturated carbocycles. The van der Waals surface area contributed by atoms with Gasteiger partial charge in [-0.25, -0.2) is 13.8 Å². The van der Waals surface area contributed by atoms with E-state index in [1.165, 1.54) is 6.92 Å². The van der Waals surface area contributed by atoms with Crippen molar-refractivity contribution >= 4 is 28.7 Å². The van der Waals surface area contributed by atoms with E-state index in [1.807, 2.05) is 0 Å². The van der Waals surface area contributed by atoms with Gasteiger partial charge in [0.15, 0.2) is 16.8 Å². The fourth-order valence-corrected chi connectivity index (χ4v) is 2.43. The van der Waals surface area contributed by atoms with E-state index < -0.39 is 35.5 Å². The minimum atomic E-state index is -4.49. The van der Waals surface area contributed by atoms with Crippen molar-refractivity contribution in [2.75, 3.05) is 6.54 Å². The average molecular weight is 339 g/mol. The Hall–Kier alpha value is -1.84. The summed E-state index contributed by atoms with van der Waals surface area (Å²) in [6.07, 6.45) is -4.49. The van der Waals surface area contributed by atoms with Gasteiger partial charge >= 0.3 is 6.18 Å². The molecule has 4 nitrogen and oxygen atoms in total. The number of aromatic amines is 1. The minimum absolute atomic E-state index is 0.157. The van der Waals surface area contributed by atoms with Crippen LogP contribution in [0.4, 0.5) is 22.0 Å². The van der Waals surface area contributed by atoms with Crippen LogP contribution >= 0.6 is 11.8 Å². The van der Waals surface area contributed by atoms with Crippen molar-refractivity contribution in [1.29, 1.82) is 0 Å². The number of carbonyl (C=O) groups is 1. The number of hydrogen-bond acceptors (Lipinski definition) is 3. The highest BCUT2D eigenvalue weighted by atomic mass is 32.2. The van der Waals surface area contributed by atoms with Gasteiger partial charge < -0.3 is 10.3 Å². The number of imidazole rings is 1. The van der Waals surface area contributed by atoms with Crippen LogP contribution in [-0.4, -0.2) is 33.8 Å². The summed E-state index contributed by atoms with van der Waals surface area (Å²) in [5, 5.41) is 1.06. The van der Waals surface area contributed by atoms with E-state index in [2.05, 4.69) is 9.97 Å². The van der Waals surface area contributed by atoms with E-state index >= 15 is 0 Å². The molecule has 1 amide bonds. The first-order valence-electron chi connectivity index (χ1n) is 6.01. The van der Waals surface area contributed by atoms with E-state index in [0.29, 0.717) is 0 Å². The van der Waals surface area contributed by atoms with Crippen LogP contribution in [0.3, 0.4) is 0 Å². The van der Waals surface area contributed by atoms with Crippen molar-refractivity contribution in [3.8, 4) is 0 Å². The van der Waals surface area contributed by atoms with Crippen molar-refractivity contribution in [2.45, 2.75) is 23.5 Å². The SMILES string of the molecule is CC(Sc1nc2cc(F)c(F)cc2[nH]1)C(=O)NCC(F)(F)F. The van der Waals surface area contributed by atoms with Crippen LogP contribution in [0.15, 0.2) is 17.3 Å². The number of aromatic nitrogens is 2. The number of halogens is 5. The van der Waals surface area contributed by atoms with E-state index in [-0.39, 0.29) is 16.2 Å². The number of nitrogens with zero attached hydrogens (tertiary/aromatic N) is 1. The molecule has 120 valence electrons. The van der Waals surface area contributed by atoms with Gasteiger partial charge in [-0.15, -0.1) is 0 Å². The van der Waals surface area contributed by atoms with Gasteiger partial charge in [0.25, 0.3) is 0 Å². The van der Waals surface area contributed by atoms with Crippen LogP contribution < -0.4 is 5.32 Å². The minimum Gasteiger partial charge on any atom is -0.346 e. The topological polar surface area (TPSA) is 57.8 Å². The molecule has 10 heteroatoms. The average Bonchev–Trinajstić information content (AvgIpc) is 2.76. The molecule has 0 radical (unpaired) electrons. The van der Waals surface area contributed by atoms with E-state index in [0.717, 1.165) is 23.9 Å². The second-order valence-electron chi connectivity index (χ2n) is 4.42. The largest absolute Gasteiger partial charge is 0.405 e. The van der Waals surface area contributed by atoms with Crippen molar-refractivity contribution in [2.24, 2.45) is 0 Å². The monoisotopic (exact) mass is 339 g/mol. The molecule has 0 aliphatic heterocycles. The number of fused-ring (bicyclic) bond motifs is 1. The van der Waals surface area contributed by atoms with Crippen LogP contribution in [-0.2, 0) is 4.79 Å². The van der Waals surface area contributed by atoms with E-state index in [1.54, 1.807) is 5.32 Å². The summed E-state index contributed by atoms with van der Waals surface area (Å²) in [5.74, 6) is -2.93. The van der Waals surface area contributed by atoms with E-state index in [9.17, 15) is 26.7 Å². The molecule has 1 aromatic heterocycles. The van der Waals surface area contributed by atoms with Gasteiger partial charge in [-0.2, -0.15) is 13.2 Å². The lowest BCUT2D eigenvalue weighted by atomic mass is 10.3. The first kappa shape index (κ1) is 16.5. The Balaban J connectivity index is 2.05. The molecule has 2 N–H and O–H groups in total. The first-order valence-corrected chi connectivity index (χ1v) is 6.89. The van der Waals surface area contributed by atoms with Gasteiger partial charge in [0, 0.05) is 12.1 Å². The van der Waals surface area contributed by atoms with Gasteiger partial charge in [0.05, 0.1) is 16.3 Å². The Morgan fingerprint density at radius 2 is 2.00 bits per heavy atom. The molecular weight excluding hydrogens is 329 g/mol. The van der Waals surface area contributed by atoms with Gasteiger partial charge in [-0.05, 0) is 6.92 Å². The molecule has 2 rings (SSSR count). The lowest BCUT2D eigenvalue weighted by Crippen LogP contribution is -2.38. The Labute approximate surface area is 125 Å². The molecule has 0 spiro atoms. The van der Waals surface area contributed by atoms with Crippen LogP contribution in [0.5, 0.6) is 0 Å². The third kappa shape index (κ3) is 4.09. The Bertz CT molecular complexity index is 661. The summed E-state index contributed by atoms with van der Waals surface area (Å²) >= 11 is 0.849. The third-order valence-corrected chi connectivity index (χ3v) is 3.61. The Kier molecular flexibility index (Phi) is 4.59. The molecule has 1 unspecified atom stereocenters. The predicted octanol–water partition coefficient (Wildman–Crippen LogP) is 3.00. The number of benzene rings is 1. The highest BCUT2D eigenvalue weighted by Crippen LogP contribution is 2.25. The van der Waals surface area contributed by atoms with Crippen LogP contribution in [0.2, 0.25) is 0 Å². The lowest BCUT2D eigenvalue weighted by Gasteiger charge is -2.12. The number of amides is 1. The molecule has 0 aliphatic carbocycles. The highest BCUT2D eigenvalue weighted by Gasteiger charge is 2.29. The van der Waals surface area contributed by atoms with Gasteiger partial charge in [-0.1, -0.05) is 11.8 Å². The molecule has 1 heterocycles. The van der Waals surface area contributed by atoms with Crippen LogP contribution in [0, 0.1) is 11.6 Å². The molecule has 1 atom stereocenters. The molecule has 0 fully saturated rings. The number of thioether (sulfide) groups is 1. The zero-order valence-corrected chi connectivity index (χ0v) is 11.9. The van der Waals surface area contributed by atoms with Crippen molar-refractivity contribution in [3.63, 3.8) is 0 Å². The number of H-pyrrole nitrogens is 1. The zero-order valence-electron chi connectivity index (χ0n) is 11.1.